The summed E-state index contributed by atoms with van der Waals surface area (Å²) < 4.78 is 0. The molecule has 1 heterocycles. The Kier molecular flexibility index (Phi) is 5.49. The summed E-state index contributed by atoms with van der Waals surface area (Å²) >= 11 is 0. The first-order valence-corrected chi connectivity index (χ1v) is 5.57. The van der Waals surface area contributed by atoms with Crippen molar-refractivity contribution in [2.45, 2.75) is 13.0 Å². The van der Waals surface area contributed by atoms with Crippen molar-refractivity contribution in [3.8, 4) is 0 Å². The van der Waals surface area contributed by atoms with E-state index in [4.69, 9.17) is 10.2 Å². The van der Waals surface area contributed by atoms with Gasteiger partial charge in [0.05, 0.1) is 23.9 Å². The number of fused-ring (bicyclic) bond motifs is 1. The lowest BCUT2D eigenvalue weighted by Gasteiger charge is -2.04. The van der Waals surface area contributed by atoms with Crippen LogP contribution in [0.5, 0.6) is 0 Å². The molecule has 0 bridgehead atoms. The van der Waals surface area contributed by atoms with E-state index in [0.717, 1.165) is 11.0 Å². The van der Waals surface area contributed by atoms with Crippen molar-refractivity contribution < 1.29 is 19.8 Å². The molecule has 0 aliphatic rings. The average Bonchev–Trinajstić information content (AvgIpc) is 2.84. The van der Waals surface area contributed by atoms with Crippen LogP contribution in [-0.2, 0) is 9.59 Å². The highest BCUT2D eigenvalue weighted by molar-refractivity contribution is 5.75. The zero-order valence-corrected chi connectivity index (χ0v) is 10.3. The van der Waals surface area contributed by atoms with E-state index >= 15 is 0 Å². The van der Waals surface area contributed by atoms with Gasteiger partial charge in [-0.2, -0.15) is 0 Å². The Labute approximate surface area is 109 Å². The first-order valence-electron chi connectivity index (χ1n) is 5.57. The quantitative estimate of drug-likeness (QED) is 0.646. The molecule has 1 aromatic heterocycles. The minimum Gasteiger partial charge on any atom is -0.480 e. The van der Waals surface area contributed by atoms with Gasteiger partial charge >= 0.3 is 11.9 Å². The summed E-state index contributed by atoms with van der Waals surface area (Å²) in [7, 11) is 0. The molecule has 1 aromatic carbocycles. The Morgan fingerprint density at radius 1 is 1.37 bits per heavy atom. The first-order chi connectivity index (χ1) is 9.00. The molecule has 1 unspecified atom stereocenters. The summed E-state index contributed by atoms with van der Waals surface area (Å²) in [4.78, 5) is 27.0. The molecule has 0 saturated heterocycles. The van der Waals surface area contributed by atoms with Crippen molar-refractivity contribution >= 4 is 23.0 Å². The molecule has 19 heavy (non-hydrogen) atoms. The third-order valence-corrected chi connectivity index (χ3v) is 2.26. The maximum absolute atomic E-state index is 10.1. The van der Waals surface area contributed by atoms with Crippen LogP contribution in [0, 0.1) is 0 Å². The number of imidazole rings is 1. The maximum atomic E-state index is 10.1. The molecule has 0 spiro atoms. The number of H-pyrrole nitrogens is 1. The number of nitrogens with zero attached hydrogens (tertiary/aromatic N) is 1. The summed E-state index contributed by atoms with van der Waals surface area (Å²) in [5.74, 6) is -2.12. The Hall–Kier alpha value is -2.41. The van der Waals surface area contributed by atoms with Crippen molar-refractivity contribution in [2.24, 2.45) is 0 Å². The monoisotopic (exact) mass is 265 g/mol. The minimum absolute atomic E-state index is 0.326. The number of nitrogens with one attached hydrogen (secondary N) is 2. The highest BCUT2D eigenvalue weighted by atomic mass is 16.4. The van der Waals surface area contributed by atoms with E-state index in [0.29, 0.717) is 0 Å². The van der Waals surface area contributed by atoms with Crippen LogP contribution in [0.3, 0.4) is 0 Å². The van der Waals surface area contributed by atoms with E-state index in [9.17, 15) is 9.59 Å². The largest absolute Gasteiger partial charge is 0.480 e. The summed E-state index contributed by atoms with van der Waals surface area (Å²) in [6, 6.07) is 7.13. The smallest absolute Gasteiger partial charge is 0.320 e. The highest BCUT2D eigenvalue weighted by Gasteiger charge is 2.10. The third kappa shape index (κ3) is 5.17. The summed E-state index contributed by atoms with van der Waals surface area (Å²) in [5.41, 5.74) is 2.12. The number of aromatic nitrogens is 2. The van der Waals surface area contributed by atoms with Crippen molar-refractivity contribution in [1.29, 1.82) is 0 Å². The van der Waals surface area contributed by atoms with Crippen LogP contribution in [0.2, 0.25) is 0 Å². The Morgan fingerprint density at radius 3 is 2.63 bits per heavy atom. The van der Waals surface area contributed by atoms with Gasteiger partial charge in [-0.1, -0.05) is 12.1 Å². The van der Waals surface area contributed by atoms with Crippen LogP contribution in [0.1, 0.15) is 6.92 Å². The lowest BCUT2D eigenvalue weighted by Crippen LogP contribution is -2.37. The zero-order valence-electron chi connectivity index (χ0n) is 10.3. The molecule has 0 aliphatic carbocycles. The number of benzene rings is 1. The summed E-state index contributed by atoms with van der Waals surface area (Å²) in [6.45, 7) is 1.05. The molecule has 4 N–H and O–H groups in total. The number of carboxylic acids is 2. The van der Waals surface area contributed by atoms with Gasteiger partial charge in [-0.25, -0.2) is 4.98 Å². The second kappa shape index (κ2) is 7.12. The van der Waals surface area contributed by atoms with E-state index in [1.54, 1.807) is 6.33 Å². The molecule has 0 aliphatic heterocycles. The number of hydrogen-bond acceptors (Lipinski definition) is 4. The van der Waals surface area contributed by atoms with Crippen LogP contribution in [0.4, 0.5) is 0 Å². The number of carbonyl (C=O) groups is 2. The number of hydrogen-bond donors (Lipinski definition) is 4. The normalized spacial score (nSPS) is 11.4. The Bertz CT molecular complexity index is 522. The molecule has 1 atom stereocenters. The lowest BCUT2D eigenvalue weighted by molar-refractivity contribution is -0.139. The van der Waals surface area contributed by atoms with Crippen LogP contribution >= 0.6 is 0 Å². The van der Waals surface area contributed by atoms with E-state index < -0.39 is 18.0 Å². The molecular formula is C12H15N3O4. The SMILES string of the molecule is CC(NCC(=O)O)C(=O)O.c1ccc2[nH]cnc2c1. The highest BCUT2D eigenvalue weighted by Crippen LogP contribution is 2.05. The molecule has 102 valence electrons. The van der Waals surface area contributed by atoms with E-state index in [-0.39, 0.29) is 6.54 Å². The molecule has 0 saturated carbocycles. The summed E-state index contributed by atoms with van der Waals surface area (Å²) in [6.07, 6.45) is 1.70. The number of carboxylic acid groups (broad SMARTS) is 2. The molecule has 2 rings (SSSR count). The lowest BCUT2D eigenvalue weighted by atomic mass is 10.3. The fourth-order valence-corrected chi connectivity index (χ4v) is 1.21. The molecule has 0 radical (unpaired) electrons. The number of para-hydroxylation sites is 2. The molecule has 0 fully saturated rings. The minimum atomic E-state index is -1.06. The van der Waals surface area contributed by atoms with Gasteiger partial charge in [0.2, 0.25) is 0 Å². The van der Waals surface area contributed by atoms with Crippen molar-refractivity contribution in [2.75, 3.05) is 6.54 Å². The number of aliphatic carboxylic acids is 2. The molecular weight excluding hydrogens is 250 g/mol. The third-order valence-electron chi connectivity index (χ3n) is 2.26. The van der Waals surface area contributed by atoms with Gasteiger partial charge < -0.3 is 15.2 Å². The molecule has 2 aromatic rings. The van der Waals surface area contributed by atoms with Crippen LogP contribution in [-0.4, -0.2) is 44.7 Å². The van der Waals surface area contributed by atoms with Crippen LogP contribution in [0.25, 0.3) is 11.0 Å². The first kappa shape index (κ1) is 14.7. The Morgan fingerprint density at radius 2 is 2.05 bits per heavy atom. The van der Waals surface area contributed by atoms with E-state index in [1.165, 1.54) is 6.92 Å². The predicted molar refractivity (Wildman–Crippen MR) is 68.8 cm³/mol. The predicted octanol–water partition coefficient (Wildman–Crippen LogP) is 0.697. The van der Waals surface area contributed by atoms with Gasteiger partial charge in [0.1, 0.15) is 6.04 Å². The van der Waals surface area contributed by atoms with Gasteiger partial charge in [0, 0.05) is 0 Å². The van der Waals surface area contributed by atoms with Gasteiger partial charge in [0.25, 0.3) is 0 Å². The van der Waals surface area contributed by atoms with Crippen LogP contribution < -0.4 is 5.32 Å². The molecule has 0 amide bonds. The van der Waals surface area contributed by atoms with E-state index in [1.807, 2.05) is 24.3 Å². The maximum Gasteiger partial charge on any atom is 0.320 e. The van der Waals surface area contributed by atoms with Crippen molar-refractivity contribution in [3.63, 3.8) is 0 Å². The number of aromatic amines is 1. The second-order valence-electron chi connectivity index (χ2n) is 3.75. The summed E-state index contributed by atoms with van der Waals surface area (Å²) in [5, 5.41) is 18.6. The standard InChI is InChI=1S/C7H6N2.C5H9NO4/c1-2-4-7-6(3-1)8-5-9-7;1-3(5(9)10)6-2-4(7)8/h1-5H,(H,8,9);3,6H,2H2,1H3,(H,7,8)(H,9,10). The van der Waals surface area contributed by atoms with Crippen LogP contribution in [0.15, 0.2) is 30.6 Å². The second-order valence-corrected chi connectivity index (χ2v) is 3.75. The van der Waals surface area contributed by atoms with Gasteiger partial charge in [0.15, 0.2) is 0 Å². The van der Waals surface area contributed by atoms with Gasteiger partial charge in [-0.15, -0.1) is 0 Å². The topological polar surface area (TPSA) is 115 Å². The Balaban J connectivity index is 0.000000190. The van der Waals surface area contributed by atoms with Crippen molar-refractivity contribution in [1.82, 2.24) is 15.3 Å². The molecule has 7 heteroatoms. The fraction of sp³-hybridized carbons (Fsp3) is 0.250. The van der Waals surface area contributed by atoms with Crippen molar-refractivity contribution in [3.05, 3.63) is 30.6 Å². The molecule has 7 nitrogen and oxygen atoms in total. The van der Waals surface area contributed by atoms with E-state index in [2.05, 4.69) is 15.3 Å². The number of rotatable bonds is 4. The average molecular weight is 265 g/mol. The van der Waals surface area contributed by atoms with Gasteiger partial charge in [-0.05, 0) is 19.1 Å². The van der Waals surface area contributed by atoms with Gasteiger partial charge in [-0.3, -0.25) is 14.9 Å². The fourth-order valence-electron chi connectivity index (χ4n) is 1.21. The zero-order chi connectivity index (χ0) is 14.3.